The largest absolute Gasteiger partial charge is 0.380 e. The Bertz CT molecular complexity index is 929. The second-order valence-corrected chi connectivity index (χ2v) is 7.75. The van der Waals surface area contributed by atoms with E-state index in [1.54, 1.807) is 0 Å². The molecule has 2 aromatic carbocycles. The number of carbonyl (C=O) groups is 1. The van der Waals surface area contributed by atoms with Gasteiger partial charge >= 0.3 is 0 Å². The topological polar surface area (TPSA) is 29.1 Å². The number of likely N-dealkylation sites (N-methyl/N-ethyl adjacent to an activating group) is 1. The minimum Gasteiger partial charge on any atom is -0.380 e. The molecule has 0 saturated heterocycles. The van der Waals surface area contributed by atoms with E-state index in [0.29, 0.717) is 6.54 Å². The molecule has 0 radical (unpaired) electrons. The summed E-state index contributed by atoms with van der Waals surface area (Å²) in [6, 6.07) is 12.2. The van der Waals surface area contributed by atoms with E-state index < -0.39 is 0 Å². The molecule has 1 aliphatic carbocycles. The van der Waals surface area contributed by atoms with E-state index in [1.807, 2.05) is 19.1 Å². The summed E-state index contributed by atoms with van der Waals surface area (Å²) in [5.74, 6) is 0.153. The van der Waals surface area contributed by atoms with Crippen LogP contribution in [0.15, 0.2) is 66.4 Å². The molecule has 0 saturated carbocycles. The van der Waals surface area contributed by atoms with Gasteiger partial charge in [0, 0.05) is 16.6 Å². The molecule has 0 aromatic heterocycles. The molecule has 2 aromatic rings. The molecule has 0 bridgehead atoms. The fraction of sp³-hybridized carbons (Fsp3) is 0.261. The number of benzene rings is 2. The molecule has 134 valence electrons. The van der Waals surface area contributed by atoms with Crippen LogP contribution in [0.3, 0.4) is 0 Å². The predicted octanol–water partition coefficient (Wildman–Crippen LogP) is 4.18. The predicted molar refractivity (Wildman–Crippen MR) is 110 cm³/mol. The first-order chi connectivity index (χ1) is 12.3. The summed E-state index contributed by atoms with van der Waals surface area (Å²) < 4.78 is 0.728. The lowest BCUT2D eigenvalue weighted by atomic mass is 9.87. The Hall–Kier alpha value is -2.65. The van der Waals surface area contributed by atoms with Gasteiger partial charge in [-0.2, -0.15) is 0 Å². The molecule has 0 aliphatic heterocycles. The third-order valence-electron chi connectivity index (χ3n) is 4.97. The molecule has 1 N–H and O–H groups in total. The van der Waals surface area contributed by atoms with E-state index in [9.17, 15) is 4.79 Å². The Morgan fingerprint density at radius 3 is 2.50 bits per heavy atom. The van der Waals surface area contributed by atoms with Crippen LogP contribution in [0, 0.1) is 0 Å². The quantitative estimate of drug-likeness (QED) is 0.601. The SMILES string of the molecule is C=C(C)C(=C)NCC[N+](C)(C)CC1=Cc2cccc3cccc(c23)C1=O. The van der Waals surface area contributed by atoms with Gasteiger partial charge in [-0.3, -0.25) is 4.79 Å². The molecule has 0 atom stereocenters. The number of nitrogens with zero attached hydrogens (tertiary/aromatic N) is 1. The molecule has 0 spiro atoms. The number of carbonyl (C=O) groups excluding carboxylic acids is 1. The van der Waals surface area contributed by atoms with Crippen molar-refractivity contribution in [2.45, 2.75) is 6.92 Å². The number of hydrogen-bond donors (Lipinski definition) is 1. The third kappa shape index (κ3) is 3.63. The number of nitrogens with one attached hydrogen (secondary N) is 1. The van der Waals surface area contributed by atoms with Crippen LogP contribution in [0.2, 0.25) is 0 Å². The molecular weight excluding hydrogens is 320 g/mol. The number of Topliss-reactive ketones (excluding diaryl/α,β-unsaturated/α-hetero) is 1. The Morgan fingerprint density at radius 1 is 1.12 bits per heavy atom. The lowest BCUT2D eigenvalue weighted by Gasteiger charge is -2.32. The van der Waals surface area contributed by atoms with Crippen molar-refractivity contribution in [1.29, 1.82) is 0 Å². The Labute approximate surface area is 155 Å². The zero-order chi connectivity index (χ0) is 18.9. The number of quaternary nitrogens is 1. The van der Waals surface area contributed by atoms with Crippen molar-refractivity contribution in [3.8, 4) is 0 Å². The van der Waals surface area contributed by atoms with Crippen LogP contribution in [-0.4, -0.2) is 44.0 Å². The highest BCUT2D eigenvalue weighted by Crippen LogP contribution is 2.31. The molecular formula is C23H27N2O+. The fourth-order valence-corrected chi connectivity index (χ4v) is 3.42. The number of hydrogen-bond acceptors (Lipinski definition) is 2. The van der Waals surface area contributed by atoms with Crippen LogP contribution in [0.5, 0.6) is 0 Å². The average Bonchev–Trinajstić information content (AvgIpc) is 2.58. The van der Waals surface area contributed by atoms with E-state index in [1.165, 1.54) is 0 Å². The molecule has 0 heterocycles. The van der Waals surface area contributed by atoms with Crippen molar-refractivity contribution < 1.29 is 9.28 Å². The van der Waals surface area contributed by atoms with Crippen molar-refractivity contribution in [3.05, 3.63) is 77.5 Å². The molecule has 0 fully saturated rings. The van der Waals surface area contributed by atoms with Gasteiger partial charge in [-0.1, -0.05) is 49.6 Å². The Balaban J connectivity index is 1.78. The standard InChI is InChI=1S/C23H27N2O/c1-16(2)17(3)24-12-13-25(4,5)15-20-14-19-10-6-8-18-9-7-11-21(22(18)19)23(20)26/h6-11,14,24H,1,3,12-13,15H2,2,4-5H3/q+1. The summed E-state index contributed by atoms with van der Waals surface area (Å²) in [4.78, 5) is 13.0. The van der Waals surface area contributed by atoms with Crippen molar-refractivity contribution >= 4 is 22.6 Å². The second-order valence-electron chi connectivity index (χ2n) is 7.75. The molecule has 3 nitrogen and oxygen atoms in total. The van der Waals surface area contributed by atoms with Gasteiger partial charge in [-0.15, -0.1) is 0 Å². The van der Waals surface area contributed by atoms with Crippen LogP contribution in [0.25, 0.3) is 16.8 Å². The molecule has 26 heavy (non-hydrogen) atoms. The Morgan fingerprint density at radius 2 is 1.81 bits per heavy atom. The summed E-state index contributed by atoms with van der Waals surface area (Å²) >= 11 is 0. The van der Waals surface area contributed by atoms with Gasteiger partial charge in [-0.05, 0) is 29.5 Å². The molecule has 0 unspecified atom stereocenters. The lowest BCUT2D eigenvalue weighted by Crippen LogP contribution is -2.46. The zero-order valence-electron chi connectivity index (χ0n) is 15.9. The summed E-state index contributed by atoms with van der Waals surface area (Å²) in [6.45, 7) is 12.2. The second kappa shape index (κ2) is 6.93. The zero-order valence-corrected chi connectivity index (χ0v) is 15.9. The maximum absolute atomic E-state index is 13.0. The van der Waals surface area contributed by atoms with Crippen LogP contribution in [-0.2, 0) is 0 Å². The van der Waals surface area contributed by atoms with E-state index in [0.717, 1.165) is 56.3 Å². The van der Waals surface area contributed by atoms with E-state index in [4.69, 9.17) is 0 Å². The van der Waals surface area contributed by atoms with E-state index in [-0.39, 0.29) is 5.78 Å². The highest BCUT2D eigenvalue weighted by molar-refractivity contribution is 6.22. The van der Waals surface area contributed by atoms with Crippen molar-refractivity contribution in [2.75, 3.05) is 33.7 Å². The average molecular weight is 347 g/mol. The van der Waals surface area contributed by atoms with Gasteiger partial charge in [0.15, 0.2) is 5.78 Å². The van der Waals surface area contributed by atoms with E-state index >= 15 is 0 Å². The normalized spacial score (nSPS) is 13.5. The van der Waals surface area contributed by atoms with Crippen LogP contribution < -0.4 is 5.32 Å². The summed E-state index contributed by atoms with van der Waals surface area (Å²) in [5.41, 5.74) is 4.66. The Kier molecular flexibility index (Phi) is 4.84. The fourth-order valence-electron chi connectivity index (χ4n) is 3.42. The van der Waals surface area contributed by atoms with Gasteiger partial charge in [-0.25, -0.2) is 0 Å². The minimum absolute atomic E-state index is 0.153. The highest BCUT2D eigenvalue weighted by atomic mass is 16.1. The first-order valence-corrected chi connectivity index (χ1v) is 8.96. The summed E-state index contributed by atoms with van der Waals surface area (Å²) in [6.07, 6.45) is 2.07. The van der Waals surface area contributed by atoms with Gasteiger partial charge in [0.25, 0.3) is 0 Å². The van der Waals surface area contributed by atoms with Gasteiger partial charge in [0.1, 0.15) is 6.54 Å². The third-order valence-corrected chi connectivity index (χ3v) is 4.97. The smallest absolute Gasteiger partial charge is 0.195 e. The first-order valence-electron chi connectivity index (χ1n) is 8.96. The van der Waals surface area contributed by atoms with Crippen molar-refractivity contribution in [2.24, 2.45) is 0 Å². The van der Waals surface area contributed by atoms with Crippen LogP contribution in [0.4, 0.5) is 0 Å². The van der Waals surface area contributed by atoms with Gasteiger partial charge in [0.05, 0.1) is 32.8 Å². The number of allylic oxidation sites excluding steroid dienone is 1. The van der Waals surface area contributed by atoms with E-state index in [2.05, 4.69) is 62.9 Å². The van der Waals surface area contributed by atoms with Crippen LogP contribution >= 0.6 is 0 Å². The maximum atomic E-state index is 13.0. The van der Waals surface area contributed by atoms with Crippen molar-refractivity contribution in [3.63, 3.8) is 0 Å². The lowest BCUT2D eigenvalue weighted by molar-refractivity contribution is -0.883. The molecule has 3 heteroatoms. The molecule has 0 amide bonds. The number of ketones is 1. The van der Waals surface area contributed by atoms with Gasteiger partial charge in [0.2, 0.25) is 0 Å². The first kappa shape index (κ1) is 18.2. The molecule has 1 aliphatic rings. The summed E-state index contributed by atoms with van der Waals surface area (Å²) in [7, 11) is 4.31. The minimum atomic E-state index is 0.153. The summed E-state index contributed by atoms with van der Waals surface area (Å²) in [5, 5.41) is 5.51. The van der Waals surface area contributed by atoms with Crippen molar-refractivity contribution in [1.82, 2.24) is 5.32 Å². The monoisotopic (exact) mass is 347 g/mol. The molecule has 3 rings (SSSR count). The number of rotatable bonds is 7. The van der Waals surface area contributed by atoms with Crippen LogP contribution in [0.1, 0.15) is 22.8 Å². The van der Waals surface area contributed by atoms with Gasteiger partial charge < -0.3 is 9.80 Å². The maximum Gasteiger partial charge on any atom is 0.195 e. The highest BCUT2D eigenvalue weighted by Gasteiger charge is 2.27.